The summed E-state index contributed by atoms with van der Waals surface area (Å²) in [6.45, 7) is 2.52. The first-order valence-electron chi connectivity index (χ1n) is 8.01. The molecule has 2 unspecified atom stereocenters. The largest absolute Gasteiger partial charge is 0.379 e. The van der Waals surface area contributed by atoms with Crippen LogP contribution in [-0.2, 0) is 0 Å². The van der Waals surface area contributed by atoms with Crippen molar-refractivity contribution in [2.45, 2.75) is 37.8 Å². The van der Waals surface area contributed by atoms with Crippen LogP contribution in [0.1, 0.15) is 25.7 Å². The number of piperidine rings is 1. The van der Waals surface area contributed by atoms with Crippen LogP contribution in [0, 0.1) is 0 Å². The average Bonchev–Trinajstić information content (AvgIpc) is 3.18. The van der Waals surface area contributed by atoms with Crippen molar-refractivity contribution in [3.8, 4) is 5.69 Å². The Balaban J connectivity index is 1.58. The molecule has 3 heterocycles. The molecule has 0 spiro atoms. The summed E-state index contributed by atoms with van der Waals surface area (Å²) in [5.41, 5.74) is 2.33. The molecule has 0 amide bonds. The number of aromatic nitrogens is 2. The summed E-state index contributed by atoms with van der Waals surface area (Å²) in [7, 11) is 0. The Labute approximate surface area is 125 Å². The second-order valence-corrected chi connectivity index (χ2v) is 6.11. The normalized spacial score (nSPS) is 25.7. The summed E-state index contributed by atoms with van der Waals surface area (Å²) in [5.74, 6) is 0. The number of hydrogen-bond acceptors (Lipinski definition) is 3. The van der Waals surface area contributed by atoms with E-state index in [1.807, 2.05) is 23.1 Å². The molecule has 2 aliphatic heterocycles. The zero-order valence-electron chi connectivity index (χ0n) is 12.3. The highest BCUT2D eigenvalue weighted by Crippen LogP contribution is 2.30. The molecule has 2 saturated heterocycles. The van der Waals surface area contributed by atoms with Crippen molar-refractivity contribution in [2.24, 2.45) is 0 Å². The number of nitrogens with one attached hydrogen (secondary N) is 1. The van der Waals surface area contributed by atoms with Crippen LogP contribution in [0.2, 0.25) is 0 Å². The average molecular weight is 282 g/mol. The van der Waals surface area contributed by atoms with E-state index in [0.29, 0.717) is 12.1 Å². The number of hydrogen-bond donors (Lipinski definition) is 1. The lowest BCUT2D eigenvalue weighted by molar-refractivity contribution is 0.193. The molecule has 4 heteroatoms. The van der Waals surface area contributed by atoms with Crippen molar-refractivity contribution in [3.05, 3.63) is 42.7 Å². The Morgan fingerprint density at radius 2 is 2.00 bits per heavy atom. The molecule has 0 radical (unpaired) electrons. The van der Waals surface area contributed by atoms with Gasteiger partial charge in [-0.25, -0.2) is 4.68 Å². The monoisotopic (exact) mass is 282 g/mol. The van der Waals surface area contributed by atoms with Gasteiger partial charge < -0.3 is 5.32 Å². The van der Waals surface area contributed by atoms with Gasteiger partial charge in [-0.3, -0.25) is 4.90 Å². The predicted molar refractivity (Wildman–Crippen MR) is 84.8 cm³/mol. The molecule has 2 aromatic rings. The Kier molecular flexibility index (Phi) is 3.39. The Morgan fingerprint density at radius 3 is 2.90 bits per heavy atom. The second-order valence-electron chi connectivity index (χ2n) is 6.11. The Bertz CT molecular complexity index is 593. The van der Waals surface area contributed by atoms with Gasteiger partial charge in [0.05, 0.1) is 11.4 Å². The fraction of sp³-hybridized carbons (Fsp3) is 0.471. The minimum Gasteiger partial charge on any atom is -0.379 e. The van der Waals surface area contributed by atoms with Crippen LogP contribution in [0.4, 0.5) is 5.69 Å². The van der Waals surface area contributed by atoms with Gasteiger partial charge in [0.25, 0.3) is 0 Å². The van der Waals surface area contributed by atoms with Crippen LogP contribution >= 0.6 is 0 Å². The minimum atomic E-state index is 0.571. The maximum absolute atomic E-state index is 4.37. The van der Waals surface area contributed by atoms with Gasteiger partial charge in [0.1, 0.15) is 0 Å². The van der Waals surface area contributed by atoms with Gasteiger partial charge in [-0.2, -0.15) is 5.10 Å². The molecule has 2 fully saturated rings. The van der Waals surface area contributed by atoms with Crippen molar-refractivity contribution < 1.29 is 0 Å². The van der Waals surface area contributed by atoms with Gasteiger partial charge in [-0.05, 0) is 44.0 Å². The Morgan fingerprint density at radius 1 is 1.05 bits per heavy atom. The molecule has 1 N–H and O–H groups in total. The molecule has 21 heavy (non-hydrogen) atoms. The third-order valence-corrected chi connectivity index (χ3v) is 4.85. The van der Waals surface area contributed by atoms with Gasteiger partial charge in [-0.1, -0.05) is 18.6 Å². The molecule has 1 aromatic heterocycles. The Hall–Kier alpha value is -1.81. The molecular weight excluding hydrogens is 260 g/mol. The van der Waals surface area contributed by atoms with Crippen molar-refractivity contribution >= 4 is 5.69 Å². The van der Waals surface area contributed by atoms with Crippen molar-refractivity contribution in [2.75, 3.05) is 18.4 Å². The smallest absolute Gasteiger partial charge is 0.0876 e. The topological polar surface area (TPSA) is 33.1 Å². The maximum Gasteiger partial charge on any atom is 0.0876 e. The summed E-state index contributed by atoms with van der Waals surface area (Å²) < 4.78 is 1.94. The van der Waals surface area contributed by atoms with E-state index < -0.39 is 0 Å². The molecule has 1 aromatic carbocycles. The van der Waals surface area contributed by atoms with Crippen LogP contribution in [0.25, 0.3) is 5.69 Å². The molecule has 110 valence electrons. The van der Waals surface area contributed by atoms with E-state index in [1.165, 1.54) is 44.5 Å². The summed E-state index contributed by atoms with van der Waals surface area (Å²) in [6.07, 6.45) is 9.16. The van der Waals surface area contributed by atoms with Crippen molar-refractivity contribution in [1.29, 1.82) is 0 Å². The highest BCUT2D eigenvalue weighted by Gasteiger charge is 2.35. The van der Waals surface area contributed by atoms with Crippen LogP contribution < -0.4 is 5.32 Å². The van der Waals surface area contributed by atoms with E-state index in [2.05, 4.69) is 39.6 Å². The summed E-state index contributed by atoms with van der Waals surface area (Å²) >= 11 is 0. The van der Waals surface area contributed by atoms with E-state index in [9.17, 15) is 0 Å². The number of anilines is 1. The van der Waals surface area contributed by atoms with Gasteiger partial charge >= 0.3 is 0 Å². The third kappa shape index (κ3) is 2.44. The first kappa shape index (κ1) is 12.9. The van der Waals surface area contributed by atoms with E-state index >= 15 is 0 Å². The lowest BCUT2D eigenvalue weighted by atomic mass is 9.99. The fourth-order valence-corrected chi connectivity index (χ4v) is 3.82. The van der Waals surface area contributed by atoms with E-state index in [1.54, 1.807) is 0 Å². The zero-order chi connectivity index (χ0) is 14.1. The molecule has 2 aliphatic rings. The summed E-state index contributed by atoms with van der Waals surface area (Å²) in [5, 5.41) is 8.16. The van der Waals surface area contributed by atoms with Crippen molar-refractivity contribution in [3.63, 3.8) is 0 Å². The predicted octanol–water partition coefficient (Wildman–Crippen LogP) is 2.91. The van der Waals surface area contributed by atoms with Crippen LogP contribution in [0.3, 0.4) is 0 Å². The molecular formula is C17H22N4. The molecule has 4 nitrogen and oxygen atoms in total. The second kappa shape index (κ2) is 5.53. The molecule has 4 rings (SSSR count). The first-order valence-corrected chi connectivity index (χ1v) is 8.01. The van der Waals surface area contributed by atoms with Crippen molar-refractivity contribution in [1.82, 2.24) is 14.7 Å². The number of para-hydroxylation sites is 2. The van der Waals surface area contributed by atoms with Gasteiger partial charge in [-0.15, -0.1) is 0 Å². The van der Waals surface area contributed by atoms with Crippen LogP contribution in [0.15, 0.2) is 42.7 Å². The zero-order valence-corrected chi connectivity index (χ0v) is 12.3. The lowest BCUT2D eigenvalue weighted by Crippen LogP contribution is -2.41. The SMILES string of the molecule is c1ccc(-n2cccn2)c(NC2CCN3CCCCC23)c1. The lowest BCUT2D eigenvalue weighted by Gasteiger charge is -2.33. The van der Waals surface area contributed by atoms with Gasteiger partial charge in [0, 0.05) is 31.0 Å². The number of nitrogens with zero attached hydrogens (tertiary/aromatic N) is 3. The van der Waals surface area contributed by atoms with Crippen LogP contribution in [0.5, 0.6) is 0 Å². The van der Waals surface area contributed by atoms with Crippen LogP contribution in [-0.4, -0.2) is 39.9 Å². The molecule has 0 saturated carbocycles. The first-order chi connectivity index (χ1) is 10.4. The number of rotatable bonds is 3. The van der Waals surface area contributed by atoms with E-state index in [4.69, 9.17) is 0 Å². The fourth-order valence-electron chi connectivity index (χ4n) is 3.82. The highest BCUT2D eigenvalue weighted by molar-refractivity contribution is 5.61. The van der Waals surface area contributed by atoms with E-state index in [0.717, 1.165) is 5.69 Å². The summed E-state index contributed by atoms with van der Waals surface area (Å²) in [6, 6.07) is 11.7. The molecule has 2 atom stereocenters. The minimum absolute atomic E-state index is 0.571. The number of benzene rings is 1. The maximum atomic E-state index is 4.37. The third-order valence-electron chi connectivity index (χ3n) is 4.85. The van der Waals surface area contributed by atoms with E-state index in [-0.39, 0.29) is 0 Å². The summed E-state index contributed by atoms with van der Waals surface area (Å²) in [4.78, 5) is 2.66. The van der Waals surface area contributed by atoms with Gasteiger partial charge in [0.2, 0.25) is 0 Å². The number of fused-ring (bicyclic) bond motifs is 1. The standard InChI is InChI=1S/C17H22N4/c1-2-8-17(21-12-5-10-18-21)14(6-1)19-15-9-13-20-11-4-3-7-16(15)20/h1-2,5-6,8,10,12,15-16,19H,3-4,7,9,11,13H2. The quantitative estimate of drug-likeness (QED) is 0.939. The highest BCUT2D eigenvalue weighted by atomic mass is 15.3. The van der Waals surface area contributed by atoms with Gasteiger partial charge in [0.15, 0.2) is 0 Å². The molecule has 0 aliphatic carbocycles. The molecule has 0 bridgehead atoms.